The number of ether oxygens (including phenoxy) is 1. The number of nitrogens with zero attached hydrogens (tertiary/aromatic N) is 2. The number of hydrogen-bond donors (Lipinski definition) is 0. The summed E-state index contributed by atoms with van der Waals surface area (Å²) in [4.78, 5) is 22.2. The van der Waals surface area contributed by atoms with Crippen molar-refractivity contribution in [2.45, 2.75) is 6.92 Å². The summed E-state index contributed by atoms with van der Waals surface area (Å²) < 4.78 is 4.52. The molecule has 0 aromatic carbocycles. The number of thioether (sulfide) groups is 1. The van der Waals surface area contributed by atoms with E-state index in [0.29, 0.717) is 11.8 Å². The fraction of sp³-hybridized carbons (Fsp3) is 0.500. The summed E-state index contributed by atoms with van der Waals surface area (Å²) in [5, 5.41) is 18.4. The topological polar surface area (TPSA) is 90.9 Å². The summed E-state index contributed by atoms with van der Waals surface area (Å²) >= 11 is 0.693. The highest BCUT2D eigenvalue weighted by Crippen LogP contribution is 2.06. The molecule has 0 aliphatic rings. The van der Waals surface area contributed by atoms with E-state index in [-0.39, 0.29) is 12.4 Å². The van der Waals surface area contributed by atoms with Gasteiger partial charge in [0.1, 0.15) is 5.40 Å². The van der Waals surface area contributed by atoms with Gasteiger partial charge < -0.3 is 4.74 Å². The summed E-state index contributed by atoms with van der Waals surface area (Å²) in [6.07, 6.45) is 0. The second kappa shape index (κ2) is 6.93. The predicted molar refractivity (Wildman–Crippen MR) is 48.8 cm³/mol. The van der Waals surface area contributed by atoms with Crippen molar-refractivity contribution in [3.8, 4) is 11.5 Å². The second-order valence-electron chi connectivity index (χ2n) is 2.16. The highest BCUT2D eigenvalue weighted by molar-refractivity contribution is 8.04. The molecule has 0 aliphatic heterocycles. The van der Waals surface area contributed by atoms with Gasteiger partial charge in [-0.1, -0.05) is 0 Å². The summed E-state index contributed by atoms with van der Waals surface area (Å²) in [6, 6.07) is 1.55. The number of ketones is 1. The smallest absolute Gasteiger partial charge is 0.331 e. The minimum absolute atomic E-state index is 0.121. The molecule has 0 rings (SSSR count). The molecule has 0 amide bonds. The summed E-state index contributed by atoms with van der Waals surface area (Å²) in [5.41, 5.74) is 0. The maximum atomic E-state index is 11.2. The predicted octanol–water partition coefficient (Wildman–Crippen LogP) is 0.473. The van der Waals surface area contributed by atoms with Crippen molar-refractivity contribution < 1.29 is 14.3 Å². The minimum atomic E-state index is -1.41. The molecule has 0 aromatic heterocycles. The van der Waals surface area contributed by atoms with E-state index < -0.39 is 17.7 Å². The first-order valence-electron chi connectivity index (χ1n) is 3.77. The number of carbonyl (C=O) groups excluding carboxylic acids is 2. The number of rotatable bonds is 5. The molecule has 0 saturated carbocycles. The van der Waals surface area contributed by atoms with Crippen molar-refractivity contribution in [3.05, 3.63) is 0 Å². The third-order valence-corrected chi connectivity index (χ3v) is 1.81. The first kappa shape index (κ1) is 12.5. The van der Waals surface area contributed by atoms with E-state index in [9.17, 15) is 9.59 Å². The Morgan fingerprint density at radius 2 is 2.14 bits per heavy atom. The largest absolute Gasteiger partial charge is 0.465 e. The van der Waals surface area contributed by atoms with Crippen LogP contribution < -0.4 is 0 Å². The molecule has 0 saturated heterocycles. The first-order valence-corrected chi connectivity index (χ1v) is 4.75. The second-order valence-corrected chi connectivity index (χ2v) is 2.92. The van der Waals surface area contributed by atoms with Gasteiger partial charge in [0.2, 0.25) is 5.92 Å². The standard InChI is InChI=1S/C8H8N2O3S/c1-2-13-8(12)6(3-9)7(11)4-14-5-10/h6H,2,4H2,1H3. The highest BCUT2D eigenvalue weighted by Gasteiger charge is 2.27. The van der Waals surface area contributed by atoms with Crippen LogP contribution in [0.15, 0.2) is 0 Å². The fourth-order valence-electron chi connectivity index (χ4n) is 0.668. The van der Waals surface area contributed by atoms with Crippen LogP contribution in [0.4, 0.5) is 0 Å². The normalized spacial score (nSPS) is 10.8. The monoisotopic (exact) mass is 212 g/mol. The van der Waals surface area contributed by atoms with Gasteiger partial charge >= 0.3 is 5.97 Å². The van der Waals surface area contributed by atoms with E-state index >= 15 is 0 Å². The Balaban J connectivity index is 4.29. The van der Waals surface area contributed by atoms with Gasteiger partial charge in [0.15, 0.2) is 5.78 Å². The maximum Gasteiger partial charge on any atom is 0.331 e. The van der Waals surface area contributed by atoms with Crippen LogP contribution in [0.1, 0.15) is 6.92 Å². The molecule has 0 aliphatic carbocycles. The maximum absolute atomic E-state index is 11.2. The molecule has 74 valence electrons. The molecule has 14 heavy (non-hydrogen) atoms. The Morgan fingerprint density at radius 1 is 1.50 bits per heavy atom. The van der Waals surface area contributed by atoms with Crippen molar-refractivity contribution >= 4 is 23.5 Å². The van der Waals surface area contributed by atoms with E-state index in [1.54, 1.807) is 18.4 Å². The SMILES string of the molecule is CCOC(=O)C(C#N)C(=O)CSC#N. The molecule has 1 atom stereocenters. The van der Waals surface area contributed by atoms with Crippen molar-refractivity contribution in [2.24, 2.45) is 5.92 Å². The molecule has 0 fully saturated rings. The Morgan fingerprint density at radius 3 is 2.57 bits per heavy atom. The zero-order valence-corrected chi connectivity index (χ0v) is 8.34. The molecule has 1 unspecified atom stereocenters. The molecule has 0 radical (unpaired) electrons. The molecule has 0 spiro atoms. The van der Waals surface area contributed by atoms with Crippen molar-refractivity contribution in [1.29, 1.82) is 10.5 Å². The molecule has 0 bridgehead atoms. The number of carbonyl (C=O) groups is 2. The lowest BCUT2D eigenvalue weighted by atomic mass is 10.1. The van der Waals surface area contributed by atoms with Gasteiger partial charge in [0.25, 0.3) is 0 Å². The average molecular weight is 212 g/mol. The molecule has 0 aromatic rings. The fourth-order valence-corrected chi connectivity index (χ4v) is 1.04. The van der Waals surface area contributed by atoms with E-state index in [4.69, 9.17) is 10.5 Å². The quantitative estimate of drug-likeness (QED) is 0.374. The number of esters is 1. The summed E-state index contributed by atoms with van der Waals surface area (Å²) in [5.74, 6) is -3.03. The van der Waals surface area contributed by atoms with Crippen LogP contribution in [0, 0.1) is 27.9 Å². The number of Topliss-reactive ketones (excluding diaryl/α,β-unsaturated/α-hetero) is 1. The first-order chi connectivity index (χ1) is 6.67. The van der Waals surface area contributed by atoms with Gasteiger partial charge in [-0.25, -0.2) is 0 Å². The molecule has 0 heterocycles. The Hall–Kier alpha value is -1.53. The van der Waals surface area contributed by atoms with E-state index in [1.165, 1.54) is 0 Å². The minimum Gasteiger partial charge on any atom is -0.465 e. The zero-order chi connectivity index (χ0) is 11.0. The lowest BCUT2D eigenvalue weighted by molar-refractivity contribution is -0.148. The number of hydrogen-bond acceptors (Lipinski definition) is 6. The van der Waals surface area contributed by atoms with E-state index in [2.05, 4.69) is 4.74 Å². The molecular formula is C8H8N2O3S. The number of nitriles is 2. The van der Waals surface area contributed by atoms with Gasteiger partial charge in [-0.15, -0.1) is 0 Å². The van der Waals surface area contributed by atoms with Crippen LogP contribution >= 0.6 is 11.8 Å². The van der Waals surface area contributed by atoms with Gasteiger partial charge in [0, 0.05) is 0 Å². The Kier molecular flexibility index (Phi) is 6.17. The lowest BCUT2D eigenvalue weighted by Crippen LogP contribution is -2.26. The van der Waals surface area contributed by atoms with Crippen LogP contribution in [-0.4, -0.2) is 24.1 Å². The van der Waals surface area contributed by atoms with Crippen LogP contribution in [0.5, 0.6) is 0 Å². The van der Waals surface area contributed by atoms with Crippen LogP contribution in [0.2, 0.25) is 0 Å². The lowest BCUT2D eigenvalue weighted by Gasteiger charge is -2.05. The Labute approximate surface area is 85.6 Å². The third kappa shape index (κ3) is 3.92. The zero-order valence-electron chi connectivity index (χ0n) is 7.52. The average Bonchev–Trinajstić information content (AvgIpc) is 2.16. The molecule has 0 N–H and O–H groups in total. The third-order valence-electron chi connectivity index (χ3n) is 1.25. The summed E-state index contributed by atoms with van der Waals surface area (Å²) in [7, 11) is 0. The molecule has 5 nitrogen and oxygen atoms in total. The van der Waals surface area contributed by atoms with Crippen LogP contribution in [-0.2, 0) is 14.3 Å². The molecular weight excluding hydrogens is 204 g/mol. The van der Waals surface area contributed by atoms with Gasteiger partial charge in [-0.05, 0) is 18.7 Å². The number of thiocyanates is 1. The van der Waals surface area contributed by atoms with Crippen molar-refractivity contribution in [1.82, 2.24) is 0 Å². The van der Waals surface area contributed by atoms with Crippen molar-refractivity contribution in [2.75, 3.05) is 12.4 Å². The Bertz CT molecular complexity index is 303. The van der Waals surface area contributed by atoms with Gasteiger partial charge in [0.05, 0.1) is 18.4 Å². The summed E-state index contributed by atoms with van der Waals surface area (Å²) in [6.45, 7) is 1.70. The van der Waals surface area contributed by atoms with E-state index in [1.807, 2.05) is 0 Å². The van der Waals surface area contributed by atoms with E-state index in [0.717, 1.165) is 0 Å². The van der Waals surface area contributed by atoms with Gasteiger partial charge in [-0.2, -0.15) is 10.5 Å². The molecule has 6 heteroatoms. The van der Waals surface area contributed by atoms with Crippen LogP contribution in [0.25, 0.3) is 0 Å². The van der Waals surface area contributed by atoms with Crippen molar-refractivity contribution in [3.63, 3.8) is 0 Å². The van der Waals surface area contributed by atoms with Crippen LogP contribution in [0.3, 0.4) is 0 Å². The highest BCUT2D eigenvalue weighted by atomic mass is 32.2. The van der Waals surface area contributed by atoms with Gasteiger partial charge in [-0.3, -0.25) is 9.59 Å².